The zero-order valence-electron chi connectivity index (χ0n) is 10.6. The summed E-state index contributed by atoms with van der Waals surface area (Å²) in [7, 11) is 0. The van der Waals surface area contributed by atoms with E-state index >= 15 is 0 Å². The quantitative estimate of drug-likeness (QED) is 0.771. The predicted octanol–water partition coefficient (Wildman–Crippen LogP) is 1.19. The lowest BCUT2D eigenvalue weighted by molar-refractivity contribution is -0.123. The molecule has 0 bridgehead atoms. The van der Waals surface area contributed by atoms with Crippen molar-refractivity contribution in [3.05, 3.63) is 35.4 Å². The molecule has 4 nitrogen and oxygen atoms in total. The lowest BCUT2D eigenvalue weighted by Crippen LogP contribution is -2.34. The van der Waals surface area contributed by atoms with Crippen molar-refractivity contribution in [3.63, 3.8) is 0 Å². The van der Waals surface area contributed by atoms with Crippen LogP contribution in [0.15, 0.2) is 24.3 Å². The van der Waals surface area contributed by atoms with Crippen molar-refractivity contribution < 1.29 is 14.6 Å². The van der Waals surface area contributed by atoms with Gasteiger partial charge in [-0.3, -0.25) is 4.79 Å². The fourth-order valence-corrected chi connectivity index (χ4v) is 2.30. The van der Waals surface area contributed by atoms with Crippen molar-refractivity contribution in [3.8, 4) is 0 Å². The highest BCUT2D eigenvalue weighted by Gasteiger charge is 2.31. The Balaban J connectivity index is 1.95. The second kappa shape index (κ2) is 5.98. The first-order valence-corrected chi connectivity index (χ1v) is 6.35. The van der Waals surface area contributed by atoms with E-state index in [9.17, 15) is 9.90 Å². The molecule has 2 unspecified atom stereocenters. The van der Waals surface area contributed by atoms with Crippen molar-refractivity contribution in [2.24, 2.45) is 0 Å². The third-order valence-electron chi connectivity index (χ3n) is 3.20. The summed E-state index contributed by atoms with van der Waals surface area (Å²) in [4.78, 5) is 11.7. The van der Waals surface area contributed by atoms with Gasteiger partial charge in [-0.05, 0) is 18.1 Å². The van der Waals surface area contributed by atoms with Crippen LogP contribution in [0.1, 0.15) is 30.5 Å². The molecule has 18 heavy (non-hydrogen) atoms. The summed E-state index contributed by atoms with van der Waals surface area (Å²) in [6.45, 7) is 2.93. The predicted molar refractivity (Wildman–Crippen MR) is 68.1 cm³/mol. The van der Waals surface area contributed by atoms with Gasteiger partial charge in [-0.2, -0.15) is 0 Å². The molecule has 0 fully saturated rings. The standard InChI is InChI=1S/C14H19NO3/c1-2-18-8-7-13(17)15-14-11-6-4-3-5-10(11)9-12(14)16/h3-6,12,14,16H,2,7-9H2,1H3,(H,15,17). The first-order chi connectivity index (χ1) is 8.72. The van der Waals surface area contributed by atoms with Gasteiger partial charge in [-0.15, -0.1) is 0 Å². The van der Waals surface area contributed by atoms with Gasteiger partial charge in [0.05, 0.1) is 18.8 Å². The molecule has 0 heterocycles. The van der Waals surface area contributed by atoms with Crippen LogP contribution in [-0.4, -0.2) is 30.3 Å². The van der Waals surface area contributed by atoms with Crippen molar-refractivity contribution in [2.75, 3.05) is 13.2 Å². The van der Waals surface area contributed by atoms with Crippen LogP contribution in [0.25, 0.3) is 0 Å². The molecule has 0 aliphatic heterocycles. The van der Waals surface area contributed by atoms with Gasteiger partial charge in [-0.1, -0.05) is 24.3 Å². The number of benzene rings is 1. The van der Waals surface area contributed by atoms with Gasteiger partial charge in [0.25, 0.3) is 0 Å². The van der Waals surface area contributed by atoms with Gasteiger partial charge in [0.15, 0.2) is 0 Å². The molecule has 1 aliphatic rings. The molecule has 1 aromatic rings. The normalized spacial score (nSPS) is 21.7. The van der Waals surface area contributed by atoms with Crippen molar-refractivity contribution in [1.82, 2.24) is 5.32 Å². The maximum absolute atomic E-state index is 11.7. The fraction of sp³-hybridized carbons (Fsp3) is 0.500. The minimum atomic E-state index is -0.529. The van der Waals surface area contributed by atoms with E-state index in [1.807, 2.05) is 31.2 Å². The number of hydrogen-bond donors (Lipinski definition) is 2. The Morgan fingerprint density at radius 1 is 1.50 bits per heavy atom. The number of fused-ring (bicyclic) bond motifs is 1. The number of hydrogen-bond acceptors (Lipinski definition) is 3. The highest BCUT2D eigenvalue weighted by molar-refractivity contribution is 5.76. The molecule has 0 aromatic heterocycles. The van der Waals surface area contributed by atoms with Crippen LogP contribution in [0.5, 0.6) is 0 Å². The van der Waals surface area contributed by atoms with Gasteiger partial charge in [-0.25, -0.2) is 0 Å². The van der Waals surface area contributed by atoms with Crippen LogP contribution >= 0.6 is 0 Å². The number of amides is 1. The van der Waals surface area contributed by atoms with E-state index in [1.54, 1.807) is 0 Å². The number of carbonyl (C=O) groups is 1. The minimum absolute atomic E-state index is 0.0794. The molecular formula is C14H19NO3. The molecule has 0 spiro atoms. The monoisotopic (exact) mass is 249 g/mol. The number of aliphatic hydroxyl groups is 1. The molecule has 1 aromatic carbocycles. The van der Waals surface area contributed by atoms with Crippen molar-refractivity contribution in [2.45, 2.75) is 31.9 Å². The summed E-state index contributed by atoms with van der Waals surface area (Å²) >= 11 is 0. The van der Waals surface area contributed by atoms with Crippen LogP contribution in [0.3, 0.4) is 0 Å². The van der Waals surface area contributed by atoms with E-state index < -0.39 is 6.10 Å². The summed E-state index contributed by atoms with van der Waals surface area (Å²) in [5, 5.41) is 12.9. The topological polar surface area (TPSA) is 58.6 Å². The molecule has 4 heteroatoms. The Bertz CT molecular complexity index is 419. The highest BCUT2D eigenvalue weighted by Crippen LogP contribution is 2.31. The largest absolute Gasteiger partial charge is 0.390 e. The number of rotatable bonds is 5. The summed E-state index contributed by atoms with van der Waals surface area (Å²) < 4.78 is 5.14. The second-order valence-corrected chi connectivity index (χ2v) is 4.46. The fourth-order valence-electron chi connectivity index (χ4n) is 2.30. The van der Waals surface area contributed by atoms with Gasteiger partial charge >= 0.3 is 0 Å². The van der Waals surface area contributed by atoms with Crippen molar-refractivity contribution >= 4 is 5.91 Å². The van der Waals surface area contributed by atoms with Gasteiger partial charge in [0.1, 0.15) is 0 Å². The summed E-state index contributed by atoms with van der Waals surface area (Å²) in [6.07, 6.45) is 0.407. The van der Waals surface area contributed by atoms with Crippen LogP contribution in [0.4, 0.5) is 0 Å². The van der Waals surface area contributed by atoms with Crippen LogP contribution < -0.4 is 5.32 Å². The van der Waals surface area contributed by atoms with E-state index in [0.29, 0.717) is 26.1 Å². The molecule has 1 amide bonds. The average molecular weight is 249 g/mol. The number of aliphatic hydroxyl groups excluding tert-OH is 1. The van der Waals surface area contributed by atoms with Gasteiger partial charge in [0, 0.05) is 19.4 Å². The molecule has 2 atom stereocenters. The molecular weight excluding hydrogens is 230 g/mol. The van der Waals surface area contributed by atoms with Gasteiger partial charge < -0.3 is 15.2 Å². The van der Waals surface area contributed by atoms with Crippen molar-refractivity contribution in [1.29, 1.82) is 0 Å². The molecule has 0 saturated carbocycles. The Morgan fingerprint density at radius 3 is 3.06 bits per heavy atom. The Hall–Kier alpha value is -1.39. The third kappa shape index (κ3) is 2.89. The van der Waals surface area contributed by atoms with Crippen LogP contribution in [0, 0.1) is 0 Å². The maximum Gasteiger partial charge on any atom is 0.222 e. The molecule has 98 valence electrons. The molecule has 1 aliphatic carbocycles. The lowest BCUT2D eigenvalue weighted by Gasteiger charge is -2.17. The van der Waals surface area contributed by atoms with Gasteiger partial charge in [0.2, 0.25) is 5.91 Å². The smallest absolute Gasteiger partial charge is 0.222 e. The van der Waals surface area contributed by atoms with E-state index in [4.69, 9.17) is 4.74 Å². The molecule has 2 rings (SSSR count). The maximum atomic E-state index is 11.7. The number of nitrogens with one attached hydrogen (secondary N) is 1. The Kier molecular flexibility index (Phi) is 4.33. The van der Waals surface area contributed by atoms with E-state index in [0.717, 1.165) is 11.1 Å². The minimum Gasteiger partial charge on any atom is -0.390 e. The zero-order chi connectivity index (χ0) is 13.0. The lowest BCUT2D eigenvalue weighted by atomic mass is 10.1. The summed E-state index contributed by atoms with van der Waals surface area (Å²) in [5.74, 6) is -0.0794. The van der Waals surface area contributed by atoms with Crippen LogP contribution in [0.2, 0.25) is 0 Å². The Morgan fingerprint density at radius 2 is 2.28 bits per heavy atom. The zero-order valence-corrected chi connectivity index (χ0v) is 10.6. The van der Waals surface area contributed by atoms with E-state index in [1.165, 1.54) is 0 Å². The SMILES string of the molecule is CCOCCC(=O)NC1c2ccccc2CC1O. The molecule has 0 saturated heterocycles. The molecule has 0 radical (unpaired) electrons. The summed E-state index contributed by atoms with van der Waals surface area (Å²) in [6, 6.07) is 7.54. The highest BCUT2D eigenvalue weighted by atomic mass is 16.5. The first-order valence-electron chi connectivity index (χ1n) is 6.35. The first kappa shape index (κ1) is 13.1. The van der Waals surface area contributed by atoms with E-state index in [-0.39, 0.29) is 11.9 Å². The number of carbonyl (C=O) groups excluding carboxylic acids is 1. The van der Waals surface area contributed by atoms with E-state index in [2.05, 4.69) is 5.32 Å². The van der Waals surface area contributed by atoms with Crippen LogP contribution in [-0.2, 0) is 16.0 Å². The number of ether oxygens (including phenoxy) is 1. The third-order valence-corrected chi connectivity index (χ3v) is 3.20. The Labute approximate surface area is 107 Å². The summed E-state index contributed by atoms with van der Waals surface area (Å²) in [5.41, 5.74) is 2.13. The average Bonchev–Trinajstić information content (AvgIpc) is 2.67. The second-order valence-electron chi connectivity index (χ2n) is 4.46. The molecule has 2 N–H and O–H groups in total.